The molecule has 94 valence electrons. The van der Waals surface area contributed by atoms with Crippen LogP contribution in [0.5, 0.6) is 0 Å². The van der Waals surface area contributed by atoms with Crippen LogP contribution in [0.4, 0.5) is 10.1 Å². The number of amidine groups is 1. The second kappa shape index (κ2) is 5.32. The number of aliphatic imine (C=N–C) groups is 1. The molecule has 0 bridgehead atoms. The molecule has 1 rings (SSSR count). The van der Waals surface area contributed by atoms with E-state index in [0.717, 1.165) is 12.3 Å². The van der Waals surface area contributed by atoms with E-state index < -0.39 is 15.7 Å². The minimum Gasteiger partial charge on any atom is -0.386 e. The Balaban J connectivity index is 3.39. The zero-order chi connectivity index (χ0) is 13.2. The fourth-order valence-electron chi connectivity index (χ4n) is 1.07. The third kappa shape index (κ3) is 3.65. The Hall–Kier alpha value is -0.660. The molecule has 0 unspecified atom stereocenters. The Kier molecular flexibility index (Phi) is 4.51. The van der Waals surface area contributed by atoms with Gasteiger partial charge in [0.15, 0.2) is 9.84 Å². The lowest BCUT2D eigenvalue weighted by molar-refractivity contribution is 0.595. The Morgan fingerprint density at radius 1 is 1.59 bits per heavy atom. The van der Waals surface area contributed by atoms with Gasteiger partial charge in [0.25, 0.3) is 0 Å². The minimum absolute atomic E-state index is 0.0368. The van der Waals surface area contributed by atoms with Crippen molar-refractivity contribution in [1.82, 2.24) is 0 Å². The van der Waals surface area contributed by atoms with Crippen LogP contribution >= 0.6 is 27.5 Å². The maximum atomic E-state index is 13.6. The molecule has 2 N–H and O–H groups in total. The average molecular weight is 344 g/mol. The normalized spacial score (nSPS) is 12.8. The predicted octanol–water partition coefficient (Wildman–Crippen LogP) is 2.22. The second-order valence-electron chi connectivity index (χ2n) is 3.24. The first-order valence-electron chi connectivity index (χ1n) is 4.34. The summed E-state index contributed by atoms with van der Waals surface area (Å²) >= 11 is 8.45. The molecule has 0 spiro atoms. The maximum Gasteiger partial charge on any atom is 0.176 e. The summed E-state index contributed by atoms with van der Waals surface area (Å²) in [6.45, 7) is 0. The number of rotatable bonds is 3. The SMILES string of the molecule is CS(=O)(=O)c1cc(F)c(N=C(N)CCl)cc1Br. The Bertz CT molecular complexity index is 575. The molecule has 4 nitrogen and oxygen atoms in total. The lowest BCUT2D eigenvalue weighted by Crippen LogP contribution is -2.12. The highest BCUT2D eigenvalue weighted by Gasteiger charge is 2.16. The van der Waals surface area contributed by atoms with Crippen LogP contribution in [0, 0.1) is 5.82 Å². The molecule has 0 amide bonds. The van der Waals surface area contributed by atoms with Crippen LogP contribution in [0.2, 0.25) is 0 Å². The Morgan fingerprint density at radius 3 is 2.65 bits per heavy atom. The van der Waals surface area contributed by atoms with Gasteiger partial charge in [-0.25, -0.2) is 17.8 Å². The number of nitrogens with two attached hydrogens (primary N) is 1. The smallest absolute Gasteiger partial charge is 0.176 e. The molecule has 1 aromatic carbocycles. The molecule has 0 heterocycles. The first-order valence-corrected chi connectivity index (χ1v) is 7.55. The quantitative estimate of drug-likeness (QED) is 0.519. The molecular formula is C9H9BrClFN2O2S. The summed E-state index contributed by atoms with van der Waals surface area (Å²) in [5.41, 5.74) is 5.30. The van der Waals surface area contributed by atoms with Crippen LogP contribution < -0.4 is 5.73 Å². The fraction of sp³-hybridized carbons (Fsp3) is 0.222. The van der Waals surface area contributed by atoms with Gasteiger partial charge in [0.2, 0.25) is 0 Å². The van der Waals surface area contributed by atoms with Crippen molar-refractivity contribution in [3.8, 4) is 0 Å². The van der Waals surface area contributed by atoms with E-state index in [-0.39, 0.29) is 26.8 Å². The summed E-state index contributed by atoms with van der Waals surface area (Å²) in [5.74, 6) is -0.767. The van der Waals surface area contributed by atoms with Crippen molar-refractivity contribution < 1.29 is 12.8 Å². The standard InChI is InChI=1S/C9H9BrClFN2O2S/c1-17(15,16)8-3-6(12)7(2-5(8)10)14-9(13)4-11/h2-3H,4H2,1H3,(H2,13,14). The van der Waals surface area contributed by atoms with Gasteiger partial charge in [-0.15, -0.1) is 11.6 Å². The highest BCUT2D eigenvalue weighted by Crippen LogP contribution is 2.29. The van der Waals surface area contributed by atoms with Crippen LogP contribution in [0.15, 0.2) is 26.5 Å². The largest absolute Gasteiger partial charge is 0.386 e. The van der Waals surface area contributed by atoms with Crippen LogP contribution in [-0.4, -0.2) is 26.4 Å². The highest BCUT2D eigenvalue weighted by molar-refractivity contribution is 9.10. The van der Waals surface area contributed by atoms with Gasteiger partial charge >= 0.3 is 0 Å². The second-order valence-corrected chi connectivity index (χ2v) is 6.35. The van der Waals surface area contributed by atoms with Gasteiger partial charge in [0.1, 0.15) is 17.3 Å². The Morgan fingerprint density at radius 2 is 2.18 bits per heavy atom. The van der Waals surface area contributed by atoms with E-state index in [1.165, 1.54) is 6.07 Å². The molecule has 8 heteroatoms. The highest BCUT2D eigenvalue weighted by atomic mass is 79.9. The molecule has 0 saturated carbocycles. The van der Waals surface area contributed by atoms with E-state index in [1.807, 2.05) is 0 Å². The molecule has 0 aliphatic rings. The van der Waals surface area contributed by atoms with E-state index in [1.54, 1.807) is 0 Å². The molecule has 0 atom stereocenters. The van der Waals surface area contributed by atoms with Crippen LogP contribution in [0.1, 0.15) is 0 Å². The maximum absolute atomic E-state index is 13.6. The van der Waals surface area contributed by atoms with Crippen molar-refractivity contribution in [2.24, 2.45) is 10.7 Å². The van der Waals surface area contributed by atoms with Gasteiger partial charge in [-0.2, -0.15) is 0 Å². The number of halogens is 3. The van der Waals surface area contributed by atoms with Crippen molar-refractivity contribution in [2.75, 3.05) is 12.1 Å². The summed E-state index contributed by atoms with van der Waals surface area (Å²) in [4.78, 5) is 3.58. The van der Waals surface area contributed by atoms with Gasteiger partial charge in [0.05, 0.1) is 10.8 Å². The van der Waals surface area contributed by atoms with Gasteiger partial charge in [-0.05, 0) is 28.1 Å². The summed E-state index contributed by atoms with van der Waals surface area (Å²) in [6.07, 6.45) is 0.989. The molecule has 0 fully saturated rings. The van der Waals surface area contributed by atoms with Crippen molar-refractivity contribution in [2.45, 2.75) is 4.90 Å². The first kappa shape index (κ1) is 14.4. The summed E-state index contributed by atoms with van der Waals surface area (Å²) < 4.78 is 36.4. The third-order valence-corrected chi connectivity index (χ3v) is 4.13. The van der Waals surface area contributed by atoms with Gasteiger partial charge in [-0.1, -0.05) is 0 Å². The molecule has 0 radical (unpaired) electrons. The van der Waals surface area contributed by atoms with Crippen LogP contribution in [0.25, 0.3) is 0 Å². The van der Waals surface area contributed by atoms with Gasteiger partial charge < -0.3 is 5.73 Å². The van der Waals surface area contributed by atoms with Crippen molar-refractivity contribution in [3.05, 3.63) is 22.4 Å². The van der Waals surface area contributed by atoms with Crippen LogP contribution in [-0.2, 0) is 9.84 Å². The molecule has 0 saturated heterocycles. The van der Waals surface area contributed by atoms with Crippen molar-refractivity contribution >= 4 is 48.9 Å². The number of alkyl halides is 1. The number of sulfone groups is 1. The van der Waals surface area contributed by atoms with Crippen molar-refractivity contribution in [1.29, 1.82) is 0 Å². The zero-order valence-electron chi connectivity index (χ0n) is 8.75. The minimum atomic E-state index is -3.50. The van der Waals surface area contributed by atoms with Gasteiger partial charge in [-0.3, -0.25) is 0 Å². The fourth-order valence-corrected chi connectivity index (χ4v) is 3.08. The molecule has 0 aliphatic carbocycles. The number of benzene rings is 1. The lowest BCUT2D eigenvalue weighted by Gasteiger charge is -2.05. The molecule has 0 aromatic heterocycles. The van der Waals surface area contributed by atoms with E-state index in [0.29, 0.717) is 0 Å². The predicted molar refractivity (Wildman–Crippen MR) is 69.2 cm³/mol. The molecule has 1 aromatic rings. The topological polar surface area (TPSA) is 72.5 Å². The zero-order valence-corrected chi connectivity index (χ0v) is 11.9. The Labute approximate surface area is 112 Å². The van der Waals surface area contributed by atoms with E-state index >= 15 is 0 Å². The van der Waals surface area contributed by atoms with E-state index in [9.17, 15) is 12.8 Å². The number of hydrogen-bond acceptors (Lipinski definition) is 3. The molecule has 0 aliphatic heterocycles. The number of nitrogens with zero attached hydrogens (tertiary/aromatic N) is 1. The third-order valence-electron chi connectivity index (χ3n) is 1.80. The summed E-state index contributed by atoms with van der Waals surface area (Å²) in [5, 5.41) is 0. The van der Waals surface area contributed by atoms with Gasteiger partial charge in [0, 0.05) is 10.7 Å². The van der Waals surface area contributed by atoms with Crippen LogP contribution in [0.3, 0.4) is 0 Å². The molecular weight excluding hydrogens is 335 g/mol. The van der Waals surface area contributed by atoms with E-state index in [4.69, 9.17) is 17.3 Å². The van der Waals surface area contributed by atoms with Crippen molar-refractivity contribution in [3.63, 3.8) is 0 Å². The summed E-state index contributed by atoms with van der Waals surface area (Å²) in [7, 11) is -3.50. The molecule has 17 heavy (non-hydrogen) atoms. The lowest BCUT2D eigenvalue weighted by atomic mass is 10.3. The number of hydrogen-bond donors (Lipinski definition) is 1. The average Bonchev–Trinajstić information content (AvgIpc) is 2.21. The van der Waals surface area contributed by atoms with E-state index in [2.05, 4.69) is 20.9 Å². The first-order chi connectivity index (χ1) is 7.75. The summed E-state index contributed by atoms with van der Waals surface area (Å²) in [6, 6.07) is 2.13. The monoisotopic (exact) mass is 342 g/mol.